The smallest absolute Gasteiger partial charge is 0.242 e. The molecule has 0 heterocycles. The molecule has 4 heteroatoms. The van der Waals surface area contributed by atoms with Crippen LogP contribution in [0.4, 0.5) is 0 Å². The van der Waals surface area contributed by atoms with Gasteiger partial charge in [-0.3, -0.25) is 9.59 Å². The molecule has 0 bridgehead atoms. The van der Waals surface area contributed by atoms with E-state index >= 15 is 0 Å². The minimum atomic E-state index is -0.542. The quantitative estimate of drug-likeness (QED) is 0.844. The fourth-order valence-corrected chi connectivity index (χ4v) is 2.79. The number of hydrogen-bond acceptors (Lipinski definition) is 2. The second-order valence-electron chi connectivity index (χ2n) is 6.52. The maximum absolute atomic E-state index is 12.2. The third-order valence-electron chi connectivity index (χ3n) is 4.22. The number of hydrogen-bond donors (Lipinski definition) is 2. The molecule has 1 aromatic carbocycles. The van der Waals surface area contributed by atoms with E-state index < -0.39 is 6.04 Å². The lowest BCUT2D eigenvalue weighted by Crippen LogP contribution is -2.48. The third kappa shape index (κ3) is 5.37. The first-order chi connectivity index (χ1) is 11.5. The number of rotatable bonds is 6. The highest BCUT2D eigenvalue weighted by atomic mass is 16.2. The van der Waals surface area contributed by atoms with Crippen molar-refractivity contribution >= 4 is 11.8 Å². The van der Waals surface area contributed by atoms with E-state index in [9.17, 15) is 9.59 Å². The lowest BCUT2D eigenvalue weighted by molar-refractivity contribution is -0.129. The van der Waals surface area contributed by atoms with Gasteiger partial charge in [-0.05, 0) is 31.7 Å². The Labute approximate surface area is 144 Å². The van der Waals surface area contributed by atoms with Gasteiger partial charge in [-0.25, -0.2) is 0 Å². The Balaban J connectivity index is 1.79. The Kier molecular flexibility index (Phi) is 6.36. The van der Waals surface area contributed by atoms with E-state index in [1.165, 1.54) is 5.57 Å². The molecule has 24 heavy (non-hydrogen) atoms. The first kappa shape index (κ1) is 18.0. The Morgan fingerprint density at radius 1 is 1.21 bits per heavy atom. The second-order valence-corrected chi connectivity index (χ2v) is 6.52. The average Bonchev–Trinajstić information content (AvgIpc) is 2.55. The van der Waals surface area contributed by atoms with Gasteiger partial charge in [-0.15, -0.1) is 0 Å². The molecule has 1 unspecified atom stereocenters. The Morgan fingerprint density at radius 2 is 1.92 bits per heavy atom. The van der Waals surface area contributed by atoms with Crippen LogP contribution in [-0.4, -0.2) is 23.9 Å². The van der Waals surface area contributed by atoms with Crippen LogP contribution in [0.5, 0.6) is 0 Å². The first-order valence-electron chi connectivity index (χ1n) is 8.44. The van der Waals surface area contributed by atoms with Crippen molar-refractivity contribution in [3.8, 4) is 0 Å². The zero-order valence-electron chi connectivity index (χ0n) is 14.6. The third-order valence-corrected chi connectivity index (χ3v) is 4.22. The summed E-state index contributed by atoms with van der Waals surface area (Å²) in [6.45, 7) is 5.77. The van der Waals surface area contributed by atoms with E-state index in [2.05, 4.69) is 10.6 Å². The molecule has 2 amide bonds. The minimum absolute atomic E-state index is 0.00472. The Morgan fingerprint density at radius 3 is 2.58 bits per heavy atom. The molecule has 1 aliphatic carbocycles. The predicted molar refractivity (Wildman–Crippen MR) is 96.5 cm³/mol. The van der Waals surface area contributed by atoms with Gasteiger partial charge in [0.05, 0.1) is 6.04 Å². The van der Waals surface area contributed by atoms with Gasteiger partial charge in [0.1, 0.15) is 6.04 Å². The van der Waals surface area contributed by atoms with Gasteiger partial charge in [-0.2, -0.15) is 0 Å². The minimum Gasteiger partial charge on any atom is -0.348 e. The normalized spacial score (nSPS) is 19.1. The Bertz CT molecular complexity index is 634. The van der Waals surface area contributed by atoms with Gasteiger partial charge >= 0.3 is 0 Å². The van der Waals surface area contributed by atoms with Crippen LogP contribution in [0, 0.1) is 0 Å². The van der Waals surface area contributed by atoms with Gasteiger partial charge in [0, 0.05) is 6.42 Å². The summed E-state index contributed by atoms with van der Waals surface area (Å²) in [7, 11) is 0. The highest BCUT2D eigenvalue weighted by Gasteiger charge is 2.20. The molecule has 1 aliphatic rings. The number of amides is 2. The van der Waals surface area contributed by atoms with Crippen LogP contribution < -0.4 is 10.6 Å². The van der Waals surface area contributed by atoms with E-state index in [0.717, 1.165) is 12.0 Å². The molecule has 0 aromatic heterocycles. The molecule has 3 atom stereocenters. The van der Waals surface area contributed by atoms with Crippen LogP contribution in [0.15, 0.2) is 54.1 Å². The molecule has 0 saturated heterocycles. The van der Waals surface area contributed by atoms with Crippen LogP contribution in [0.1, 0.15) is 45.1 Å². The van der Waals surface area contributed by atoms with Crippen molar-refractivity contribution in [2.24, 2.45) is 0 Å². The summed E-state index contributed by atoms with van der Waals surface area (Å²) >= 11 is 0. The van der Waals surface area contributed by atoms with E-state index in [1.54, 1.807) is 6.92 Å². The molecule has 0 radical (unpaired) electrons. The molecular formula is C20H26N2O2. The van der Waals surface area contributed by atoms with Crippen LogP contribution >= 0.6 is 0 Å². The molecule has 0 fully saturated rings. The van der Waals surface area contributed by atoms with Crippen molar-refractivity contribution in [2.75, 3.05) is 0 Å². The highest BCUT2D eigenvalue weighted by molar-refractivity contribution is 5.87. The fraction of sp³-hybridized carbons (Fsp3) is 0.400. The Hall–Kier alpha value is -2.36. The topological polar surface area (TPSA) is 58.2 Å². The van der Waals surface area contributed by atoms with Gasteiger partial charge in [-0.1, -0.05) is 61.1 Å². The molecular weight excluding hydrogens is 300 g/mol. The summed E-state index contributed by atoms with van der Waals surface area (Å²) in [6.07, 6.45) is 7.14. The van der Waals surface area contributed by atoms with E-state index in [-0.39, 0.29) is 23.8 Å². The van der Waals surface area contributed by atoms with Crippen molar-refractivity contribution in [1.29, 1.82) is 0 Å². The summed E-state index contributed by atoms with van der Waals surface area (Å²) in [5.41, 5.74) is 2.36. The van der Waals surface area contributed by atoms with E-state index in [0.29, 0.717) is 6.42 Å². The van der Waals surface area contributed by atoms with Crippen LogP contribution in [0.3, 0.4) is 0 Å². The lowest BCUT2D eigenvalue weighted by Gasteiger charge is -2.21. The summed E-state index contributed by atoms with van der Waals surface area (Å²) in [6, 6.07) is 9.38. The monoisotopic (exact) mass is 326 g/mol. The molecule has 0 saturated carbocycles. The maximum atomic E-state index is 12.2. The van der Waals surface area contributed by atoms with E-state index in [4.69, 9.17) is 0 Å². The molecule has 0 spiro atoms. The van der Waals surface area contributed by atoms with Crippen molar-refractivity contribution in [3.63, 3.8) is 0 Å². The van der Waals surface area contributed by atoms with Crippen molar-refractivity contribution < 1.29 is 9.59 Å². The van der Waals surface area contributed by atoms with E-state index in [1.807, 2.05) is 62.4 Å². The summed E-state index contributed by atoms with van der Waals surface area (Å²) in [4.78, 5) is 24.4. The number of benzene rings is 1. The number of allylic oxidation sites excluding steroid dienone is 2. The molecule has 1 aromatic rings. The standard InChI is InChI=1S/C20H26N2O2/c1-14-8-7-11-18(12-14)22-20(24)16(3)21-19(23)13-15(2)17-9-5-4-6-10-17/h4-11,15-16,18H,12-13H2,1-3H3,(H,21,23)(H,22,24)/t15?,16-,18+/m0/s1. The first-order valence-corrected chi connectivity index (χ1v) is 8.44. The van der Waals surface area contributed by atoms with Gasteiger partial charge < -0.3 is 10.6 Å². The summed E-state index contributed by atoms with van der Waals surface area (Å²) < 4.78 is 0. The zero-order chi connectivity index (χ0) is 17.5. The molecule has 2 rings (SSSR count). The fourth-order valence-electron chi connectivity index (χ4n) is 2.79. The van der Waals surface area contributed by atoms with Crippen LogP contribution in [-0.2, 0) is 9.59 Å². The van der Waals surface area contributed by atoms with Crippen molar-refractivity contribution in [1.82, 2.24) is 10.6 Å². The predicted octanol–water partition coefficient (Wildman–Crippen LogP) is 3.08. The van der Waals surface area contributed by atoms with Gasteiger partial charge in [0.2, 0.25) is 11.8 Å². The molecule has 128 valence electrons. The van der Waals surface area contributed by atoms with Crippen LogP contribution in [0.25, 0.3) is 0 Å². The largest absolute Gasteiger partial charge is 0.348 e. The van der Waals surface area contributed by atoms with Crippen LogP contribution in [0.2, 0.25) is 0 Å². The van der Waals surface area contributed by atoms with Crippen molar-refractivity contribution in [3.05, 3.63) is 59.7 Å². The average molecular weight is 326 g/mol. The van der Waals surface area contributed by atoms with Gasteiger partial charge in [0.15, 0.2) is 0 Å². The summed E-state index contributed by atoms with van der Waals surface area (Å²) in [5, 5.41) is 5.75. The SMILES string of the molecule is CC1=CC=C[C@@H](NC(=O)[C@H](C)NC(=O)CC(C)c2ccccc2)C1. The lowest BCUT2D eigenvalue weighted by atomic mass is 9.97. The van der Waals surface area contributed by atoms with Gasteiger partial charge in [0.25, 0.3) is 0 Å². The number of carbonyl (C=O) groups is 2. The maximum Gasteiger partial charge on any atom is 0.242 e. The second kappa shape index (κ2) is 8.48. The molecule has 2 N–H and O–H groups in total. The molecule has 0 aliphatic heterocycles. The number of carbonyl (C=O) groups excluding carboxylic acids is 2. The van der Waals surface area contributed by atoms with Crippen molar-refractivity contribution in [2.45, 2.75) is 51.6 Å². The highest BCUT2D eigenvalue weighted by Crippen LogP contribution is 2.18. The molecule has 4 nitrogen and oxygen atoms in total. The zero-order valence-corrected chi connectivity index (χ0v) is 14.6. The summed E-state index contributed by atoms with van der Waals surface area (Å²) in [5.74, 6) is -0.139. The number of nitrogens with one attached hydrogen (secondary N) is 2.